The van der Waals surface area contributed by atoms with Crippen molar-refractivity contribution in [2.75, 3.05) is 11.9 Å². The van der Waals surface area contributed by atoms with Gasteiger partial charge in [-0.1, -0.05) is 23.8 Å². The molecule has 1 fully saturated rings. The molecule has 0 spiro atoms. The largest absolute Gasteiger partial charge is 0.326 e. The van der Waals surface area contributed by atoms with E-state index in [0.717, 1.165) is 29.5 Å². The van der Waals surface area contributed by atoms with E-state index in [2.05, 4.69) is 16.9 Å². The zero-order valence-electron chi connectivity index (χ0n) is 19.7. The number of amides is 2. The molecule has 2 heterocycles. The van der Waals surface area contributed by atoms with Crippen LogP contribution in [0.4, 0.5) is 5.69 Å². The van der Waals surface area contributed by atoms with Gasteiger partial charge in [-0.15, -0.1) is 6.58 Å². The Labute approximate surface area is 208 Å². The van der Waals surface area contributed by atoms with Crippen LogP contribution in [0.25, 0.3) is 10.2 Å². The van der Waals surface area contributed by atoms with Crippen LogP contribution in [0.2, 0.25) is 0 Å². The summed E-state index contributed by atoms with van der Waals surface area (Å²) in [6.07, 6.45) is 4.45. The summed E-state index contributed by atoms with van der Waals surface area (Å²) in [6, 6.07) is 11.4. The number of thiazole rings is 1. The van der Waals surface area contributed by atoms with Crippen molar-refractivity contribution < 1.29 is 18.0 Å². The standard InChI is InChI=1S/C25H28N4O4S2/c1-4-14-28-22-13-10-20(26-18(3)30)16-23(22)34-25(28)27-24(31)19-8-11-21(12-9-19)35(32,33)29-15-6-5-7-17(29)2/h4,8-13,16-17H,1,5-7,14-15H2,2-3H3,(H,26,30). The first-order chi connectivity index (χ1) is 16.7. The number of anilines is 1. The number of hydrogen-bond acceptors (Lipinski definition) is 5. The van der Waals surface area contributed by atoms with Crippen LogP contribution in [0, 0.1) is 0 Å². The Bertz CT molecular complexity index is 1450. The van der Waals surface area contributed by atoms with Crippen LogP contribution >= 0.6 is 11.3 Å². The Kier molecular flexibility index (Phi) is 7.34. The molecule has 1 unspecified atom stereocenters. The summed E-state index contributed by atoms with van der Waals surface area (Å²) in [5.41, 5.74) is 1.83. The summed E-state index contributed by atoms with van der Waals surface area (Å²) >= 11 is 1.33. The van der Waals surface area contributed by atoms with Crippen molar-refractivity contribution >= 4 is 49.1 Å². The number of fused-ring (bicyclic) bond motifs is 1. The summed E-state index contributed by atoms with van der Waals surface area (Å²) in [7, 11) is -3.61. The topological polar surface area (TPSA) is 101 Å². The molecule has 2 amide bonds. The Balaban J connectivity index is 1.65. The van der Waals surface area contributed by atoms with Gasteiger partial charge in [0.1, 0.15) is 0 Å². The minimum absolute atomic E-state index is 0.0375. The van der Waals surface area contributed by atoms with E-state index in [-0.39, 0.29) is 16.8 Å². The molecular weight excluding hydrogens is 484 g/mol. The molecule has 0 radical (unpaired) electrons. The van der Waals surface area contributed by atoms with Crippen LogP contribution in [0.15, 0.2) is 65.0 Å². The third-order valence-electron chi connectivity index (χ3n) is 5.96. The Morgan fingerprint density at radius 2 is 1.94 bits per heavy atom. The molecule has 0 aliphatic carbocycles. The molecule has 1 aliphatic rings. The fourth-order valence-corrected chi connectivity index (χ4v) is 7.01. The summed E-state index contributed by atoms with van der Waals surface area (Å²) < 4.78 is 30.4. The predicted molar refractivity (Wildman–Crippen MR) is 138 cm³/mol. The first-order valence-electron chi connectivity index (χ1n) is 11.4. The molecule has 1 atom stereocenters. The maximum absolute atomic E-state index is 13.1. The quantitative estimate of drug-likeness (QED) is 0.502. The number of carbonyl (C=O) groups is 2. The highest BCUT2D eigenvalue weighted by molar-refractivity contribution is 7.89. The second kappa shape index (κ2) is 10.3. The van der Waals surface area contributed by atoms with Gasteiger partial charge in [-0.2, -0.15) is 9.30 Å². The molecule has 2 aromatic carbocycles. The molecule has 35 heavy (non-hydrogen) atoms. The molecule has 1 N–H and O–H groups in total. The fourth-order valence-electron chi connectivity index (χ4n) is 4.23. The third-order valence-corrected chi connectivity index (χ3v) is 9.03. The number of hydrogen-bond donors (Lipinski definition) is 1. The number of aromatic nitrogens is 1. The van der Waals surface area contributed by atoms with Crippen LogP contribution in [0.3, 0.4) is 0 Å². The Hall–Kier alpha value is -3.08. The van der Waals surface area contributed by atoms with Crippen molar-refractivity contribution in [3.8, 4) is 0 Å². The molecule has 1 saturated heterocycles. The molecule has 4 rings (SSSR count). The number of nitrogens with one attached hydrogen (secondary N) is 1. The number of nitrogens with zero attached hydrogens (tertiary/aromatic N) is 3. The highest BCUT2D eigenvalue weighted by Crippen LogP contribution is 2.26. The van der Waals surface area contributed by atoms with Gasteiger partial charge in [0.05, 0.1) is 15.1 Å². The lowest BCUT2D eigenvalue weighted by atomic mass is 10.1. The zero-order chi connectivity index (χ0) is 25.2. The summed E-state index contributed by atoms with van der Waals surface area (Å²) in [5, 5.41) is 2.76. The molecule has 0 saturated carbocycles. The normalized spacial score (nSPS) is 17.4. The summed E-state index contributed by atoms with van der Waals surface area (Å²) in [6.45, 7) is 8.13. The average Bonchev–Trinajstić information content (AvgIpc) is 3.15. The molecule has 3 aromatic rings. The Morgan fingerprint density at radius 3 is 2.60 bits per heavy atom. The van der Waals surface area contributed by atoms with Crippen LogP contribution in [-0.2, 0) is 21.4 Å². The minimum atomic E-state index is -3.61. The number of benzene rings is 2. The lowest BCUT2D eigenvalue weighted by molar-refractivity contribution is -0.114. The first kappa shape index (κ1) is 25.0. The van der Waals surface area contributed by atoms with E-state index in [9.17, 15) is 18.0 Å². The minimum Gasteiger partial charge on any atom is -0.326 e. The maximum Gasteiger partial charge on any atom is 0.279 e. The molecule has 8 nitrogen and oxygen atoms in total. The van der Waals surface area contributed by atoms with Gasteiger partial charge in [-0.05, 0) is 62.2 Å². The van der Waals surface area contributed by atoms with E-state index in [1.165, 1.54) is 42.5 Å². The number of rotatable bonds is 6. The van der Waals surface area contributed by atoms with Crippen molar-refractivity contribution in [2.45, 2.75) is 50.6 Å². The van der Waals surface area contributed by atoms with Gasteiger partial charge in [0.15, 0.2) is 4.80 Å². The smallest absolute Gasteiger partial charge is 0.279 e. The van der Waals surface area contributed by atoms with Crippen LogP contribution in [0.1, 0.15) is 43.5 Å². The van der Waals surface area contributed by atoms with Crippen LogP contribution < -0.4 is 10.1 Å². The zero-order valence-corrected chi connectivity index (χ0v) is 21.4. The molecule has 0 bridgehead atoms. The van der Waals surface area contributed by atoms with Crippen molar-refractivity contribution in [3.63, 3.8) is 0 Å². The van der Waals surface area contributed by atoms with E-state index < -0.39 is 15.9 Å². The van der Waals surface area contributed by atoms with E-state index in [1.54, 1.807) is 16.4 Å². The second-order valence-corrected chi connectivity index (χ2v) is 11.4. The van der Waals surface area contributed by atoms with Crippen molar-refractivity contribution in [1.82, 2.24) is 8.87 Å². The van der Waals surface area contributed by atoms with Gasteiger partial charge in [-0.25, -0.2) is 8.42 Å². The van der Waals surface area contributed by atoms with Crippen molar-refractivity contribution in [2.24, 2.45) is 4.99 Å². The molecule has 1 aliphatic heterocycles. The van der Waals surface area contributed by atoms with E-state index in [0.29, 0.717) is 29.1 Å². The predicted octanol–water partition coefficient (Wildman–Crippen LogP) is 4.15. The SMILES string of the molecule is C=CCn1c(=NC(=O)c2ccc(S(=O)(=O)N3CCCCC3C)cc2)sc2cc(NC(C)=O)ccc21. The molecule has 184 valence electrons. The Morgan fingerprint density at radius 1 is 1.20 bits per heavy atom. The van der Waals surface area contributed by atoms with Gasteiger partial charge in [0.25, 0.3) is 5.91 Å². The fraction of sp³-hybridized carbons (Fsp3) is 0.320. The highest BCUT2D eigenvalue weighted by Gasteiger charge is 2.30. The third kappa shape index (κ3) is 5.29. The summed E-state index contributed by atoms with van der Waals surface area (Å²) in [5.74, 6) is -0.632. The number of piperidine rings is 1. The lowest BCUT2D eigenvalue weighted by Crippen LogP contribution is -2.41. The van der Waals surface area contributed by atoms with Gasteiger partial charge < -0.3 is 9.88 Å². The van der Waals surface area contributed by atoms with Gasteiger partial charge >= 0.3 is 0 Å². The molecule has 1 aromatic heterocycles. The van der Waals surface area contributed by atoms with Gasteiger partial charge in [0, 0.05) is 37.3 Å². The second-order valence-electron chi connectivity index (χ2n) is 8.55. The first-order valence-corrected chi connectivity index (χ1v) is 13.7. The van der Waals surface area contributed by atoms with Crippen molar-refractivity contribution in [3.05, 3.63) is 65.5 Å². The van der Waals surface area contributed by atoms with Crippen molar-refractivity contribution in [1.29, 1.82) is 0 Å². The number of sulfonamides is 1. The number of allylic oxidation sites excluding steroid dienone is 1. The monoisotopic (exact) mass is 512 g/mol. The highest BCUT2D eigenvalue weighted by atomic mass is 32.2. The molecule has 10 heteroatoms. The summed E-state index contributed by atoms with van der Waals surface area (Å²) in [4.78, 5) is 29.3. The van der Waals surface area contributed by atoms with Crippen LogP contribution in [0.5, 0.6) is 0 Å². The number of carbonyl (C=O) groups excluding carboxylic acids is 2. The van der Waals surface area contributed by atoms with E-state index in [4.69, 9.17) is 0 Å². The lowest BCUT2D eigenvalue weighted by Gasteiger charge is -2.32. The van der Waals surface area contributed by atoms with Crippen LogP contribution in [-0.4, -0.2) is 41.7 Å². The molecular formula is C25H28N4O4S2. The van der Waals surface area contributed by atoms with E-state index >= 15 is 0 Å². The maximum atomic E-state index is 13.1. The van der Waals surface area contributed by atoms with Gasteiger partial charge in [-0.3, -0.25) is 9.59 Å². The average molecular weight is 513 g/mol. The van der Waals surface area contributed by atoms with Gasteiger partial charge in [0.2, 0.25) is 15.9 Å². The van der Waals surface area contributed by atoms with E-state index in [1.807, 2.05) is 23.6 Å².